The van der Waals surface area contributed by atoms with E-state index in [4.69, 9.17) is 11.6 Å². The number of aromatic nitrogens is 1. The van der Waals surface area contributed by atoms with Crippen molar-refractivity contribution in [3.8, 4) is 0 Å². The minimum atomic E-state index is -3.64. The van der Waals surface area contributed by atoms with Crippen molar-refractivity contribution in [1.29, 1.82) is 0 Å². The Morgan fingerprint density at radius 1 is 1.40 bits per heavy atom. The highest BCUT2D eigenvalue weighted by molar-refractivity contribution is 9.10. The van der Waals surface area contributed by atoms with Gasteiger partial charge < -0.3 is 0 Å². The van der Waals surface area contributed by atoms with Crippen LogP contribution in [0.3, 0.4) is 0 Å². The van der Waals surface area contributed by atoms with Crippen LogP contribution in [0.1, 0.15) is 24.5 Å². The molecule has 1 aliphatic rings. The predicted octanol–water partition coefficient (Wildman–Crippen LogP) is 4.24. The highest BCUT2D eigenvalue weighted by Crippen LogP contribution is 2.41. The van der Waals surface area contributed by atoms with Crippen LogP contribution in [0.2, 0.25) is 5.02 Å². The molecule has 0 amide bonds. The molecule has 1 fully saturated rings. The lowest BCUT2D eigenvalue weighted by Gasteiger charge is -2.06. The summed E-state index contributed by atoms with van der Waals surface area (Å²) in [6.07, 6.45) is 2.28. The van der Waals surface area contributed by atoms with Gasteiger partial charge in [-0.1, -0.05) is 11.6 Å². The third-order valence-electron chi connectivity index (χ3n) is 2.94. The van der Waals surface area contributed by atoms with Crippen LogP contribution in [-0.4, -0.2) is 13.4 Å². The standard InChI is InChI=1S/C12H10BrClN2O2S2/c13-9-5-8(3-4-10(9)14)20(17,18)16-12-15-11(6-19-12)7-1-2-7/h3-7H,1-2H2,(H,15,16). The van der Waals surface area contributed by atoms with Crippen molar-refractivity contribution in [1.82, 2.24) is 4.98 Å². The third kappa shape index (κ3) is 3.00. The molecule has 1 aliphatic carbocycles. The van der Waals surface area contributed by atoms with Gasteiger partial charge in [0.2, 0.25) is 0 Å². The second-order valence-corrected chi connectivity index (χ2v) is 8.34. The molecule has 1 heterocycles. The molecule has 4 nitrogen and oxygen atoms in total. The summed E-state index contributed by atoms with van der Waals surface area (Å²) in [6, 6.07) is 4.47. The summed E-state index contributed by atoms with van der Waals surface area (Å²) in [7, 11) is -3.64. The Bertz CT molecular complexity index is 757. The van der Waals surface area contributed by atoms with E-state index in [-0.39, 0.29) is 4.90 Å². The van der Waals surface area contributed by atoms with E-state index < -0.39 is 10.0 Å². The Hall–Kier alpha value is -0.630. The highest BCUT2D eigenvalue weighted by atomic mass is 79.9. The lowest BCUT2D eigenvalue weighted by Crippen LogP contribution is -2.12. The number of nitrogens with one attached hydrogen (secondary N) is 1. The maximum absolute atomic E-state index is 12.3. The van der Waals surface area contributed by atoms with Crippen LogP contribution in [0.4, 0.5) is 5.13 Å². The van der Waals surface area contributed by atoms with Crippen molar-refractivity contribution < 1.29 is 8.42 Å². The molecule has 0 radical (unpaired) electrons. The molecule has 3 rings (SSSR count). The summed E-state index contributed by atoms with van der Waals surface area (Å²) in [6.45, 7) is 0. The fourth-order valence-corrected chi connectivity index (χ4v) is 4.44. The number of benzene rings is 1. The molecule has 0 saturated heterocycles. The molecule has 1 aromatic carbocycles. The molecule has 20 heavy (non-hydrogen) atoms. The first-order valence-corrected chi connectivity index (χ1v) is 9.42. The third-order valence-corrected chi connectivity index (χ3v) is 6.40. The second-order valence-electron chi connectivity index (χ2n) is 4.53. The first-order valence-electron chi connectivity index (χ1n) is 5.89. The molecule has 1 aromatic heterocycles. The lowest BCUT2D eigenvalue weighted by molar-refractivity contribution is 0.601. The van der Waals surface area contributed by atoms with E-state index in [9.17, 15) is 8.42 Å². The SMILES string of the molecule is O=S(=O)(Nc1nc(C2CC2)cs1)c1ccc(Cl)c(Br)c1. The summed E-state index contributed by atoms with van der Waals surface area (Å²) in [4.78, 5) is 4.46. The Balaban J connectivity index is 1.84. The largest absolute Gasteiger partial charge is 0.263 e. The number of sulfonamides is 1. The summed E-state index contributed by atoms with van der Waals surface area (Å²) in [5, 5.41) is 2.78. The Kier molecular flexibility index (Phi) is 3.79. The number of thiazole rings is 1. The van der Waals surface area contributed by atoms with Crippen LogP contribution < -0.4 is 4.72 Å². The van der Waals surface area contributed by atoms with Gasteiger partial charge in [-0.25, -0.2) is 13.4 Å². The van der Waals surface area contributed by atoms with Crippen LogP contribution >= 0.6 is 38.9 Å². The normalized spacial score (nSPS) is 15.3. The summed E-state index contributed by atoms with van der Waals surface area (Å²) in [5.41, 5.74) is 0.977. The van der Waals surface area contributed by atoms with Crippen LogP contribution in [0.15, 0.2) is 32.9 Å². The average molecular weight is 394 g/mol. The van der Waals surface area contributed by atoms with E-state index in [2.05, 4.69) is 25.6 Å². The van der Waals surface area contributed by atoms with E-state index in [0.29, 0.717) is 20.5 Å². The fourth-order valence-electron chi connectivity index (χ4n) is 1.72. The molecule has 1 N–H and O–H groups in total. The minimum Gasteiger partial charge on any atom is -0.255 e. The van der Waals surface area contributed by atoms with Crippen molar-refractivity contribution in [2.45, 2.75) is 23.7 Å². The van der Waals surface area contributed by atoms with Crippen LogP contribution in [-0.2, 0) is 10.0 Å². The molecule has 8 heteroatoms. The first-order chi connectivity index (χ1) is 9.45. The van der Waals surface area contributed by atoms with Gasteiger partial charge in [0, 0.05) is 15.8 Å². The maximum Gasteiger partial charge on any atom is 0.263 e. The van der Waals surface area contributed by atoms with Crippen molar-refractivity contribution in [3.05, 3.63) is 38.8 Å². The van der Waals surface area contributed by atoms with Gasteiger partial charge in [0.1, 0.15) is 0 Å². The van der Waals surface area contributed by atoms with E-state index in [0.717, 1.165) is 18.5 Å². The van der Waals surface area contributed by atoms with Crippen molar-refractivity contribution in [2.75, 3.05) is 4.72 Å². The smallest absolute Gasteiger partial charge is 0.255 e. The Labute approximate surface area is 134 Å². The topological polar surface area (TPSA) is 59.1 Å². The van der Waals surface area contributed by atoms with Crippen molar-refractivity contribution in [3.63, 3.8) is 0 Å². The molecule has 0 unspecified atom stereocenters. The van der Waals surface area contributed by atoms with Crippen LogP contribution in [0.5, 0.6) is 0 Å². The van der Waals surface area contributed by atoms with Gasteiger partial charge in [-0.3, -0.25) is 4.72 Å². The minimum absolute atomic E-state index is 0.150. The molecule has 0 atom stereocenters. The van der Waals surface area contributed by atoms with Gasteiger partial charge in [0.15, 0.2) is 5.13 Å². The lowest BCUT2D eigenvalue weighted by atomic mass is 10.3. The number of nitrogens with zero attached hydrogens (tertiary/aromatic N) is 1. The Morgan fingerprint density at radius 2 is 2.15 bits per heavy atom. The number of hydrogen-bond donors (Lipinski definition) is 1. The van der Waals surface area contributed by atoms with E-state index in [1.165, 1.54) is 29.5 Å². The van der Waals surface area contributed by atoms with Crippen LogP contribution in [0.25, 0.3) is 0 Å². The molecule has 2 aromatic rings. The average Bonchev–Trinajstić information content (AvgIpc) is 3.14. The summed E-state index contributed by atoms with van der Waals surface area (Å²) in [5.74, 6) is 0.509. The molecule has 1 saturated carbocycles. The van der Waals surface area contributed by atoms with Gasteiger partial charge in [-0.15, -0.1) is 11.3 Å². The van der Waals surface area contributed by atoms with E-state index in [1.54, 1.807) is 0 Å². The molecule has 0 spiro atoms. The highest BCUT2D eigenvalue weighted by Gasteiger charge is 2.27. The van der Waals surface area contributed by atoms with Gasteiger partial charge in [0.05, 0.1) is 15.6 Å². The summed E-state index contributed by atoms with van der Waals surface area (Å²) < 4.78 is 27.5. The molecular weight excluding hydrogens is 384 g/mol. The van der Waals surface area contributed by atoms with E-state index >= 15 is 0 Å². The number of anilines is 1. The van der Waals surface area contributed by atoms with E-state index in [1.807, 2.05) is 5.38 Å². The van der Waals surface area contributed by atoms with Crippen LogP contribution in [0, 0.1) is 0 Å². The maximum atomic E-state index is 12.3. The molecule has 0 aliphatic heterocycles. The quantitative estimate of drug-likeness (QED) is 0.845. The zero-order valence-corrected chi connectivity index (χ0v) is 14.1. The van der Waals surface area contributed by atoms with Gasteiger partial charge in [-0.05, 0) is 47.0 Å². The number of rotatable bonds is 4. The number of hydrogen-bond acceptors (Lipinski definition) is 4. The first kappa shape index (κ1) is 14.3. The van der Waals surface area contributed by atoms with Crippen molar-refractivity contribution >= 4 is 54.0 Å². The zero-order chi connectivity index (χ0) is 14.3. The second kappa shape index (κ2) is 5.29. The van der Waals surface area contributed by atoms with Gasteiger partial charge >= 0.3 is 0 Å². The molecular formula is C12H10BrClN2O2S2. The zero-order valence-electron chi connectivity index (χ0n) is 10.1. The van der Waals surface area contributed by atoms with Gasteiger partial charge in [0.25, 0.3) is 10.0 Å². The number of halogens is 2. The molecule has 106 valence electrons. The van der Waals surface area contributed by atoms with Gasteiger partial charge in [-0.2, -0.15) is 0 Å². The summed E-state index contributed by atoms with van der Waals surface area (Å²) >= 11 is 10.4. The Morgan fingerprint density at radius 3 is 2.80 bits per heavy atom. The van der Waals surface area contributed by atoms with Crippen molar-refractivity contribution in [2.24, 2.45) is 0 Å². The fraction of sp³-hybridized carbons (Fsp3) is 0.250. The predicted molar refractivity (Wildman–Crippen MR) is 84.0 cm³/mol. The monoisotopic (exact) mass is 392 g/mol. The molecule has 0 bridgehead atoms.